The molecule has 0 unspecified atom stereocenters. The molecule has 0 radical (unpaired) electrons. The number of carbonyl (C=O) groups excluding carboxylic acids is 1. The van der Waals surface area contributed by atoms with Crippen molar-refractivity contribution in [3.8, 4) is 0 Å². The highest BCUT2D eigenvalue weighted by atomic mass is 32.2. The van der Waals surface area contributed by atoms with E-state index in [1.54, 1.807) is 19.0 Å². The maximum absolute atomic E-state index is 13.2. The topological polar surface area (TPSA) is 98.3 Å². The van der Waals surface area contributed by atoms with Gasteiger partial charge in [-0.2, -0.15) is 17.0 Å². The molecule has 0 aromatic heterocycles. The van der Waals surface area contributed by atoms with Crippen molar-refractivity contribution in [3.63, 3.8) is 0 Å². The van der Waals surface area contributed by atoms with Crippen LogP contribution in [0.3, 0.4) is 0 Å². The molecule has 1 amide bonds. The van der Waals surface area contributed by atoms with Gasteiger partial charge in [-0.3, -0.25) is 4.79 Å². The fourth-order valence-electron chi connectivity index (χ4n) is 5.56. The second kappa shape index (κ2) is 6.90. The molecule has 3 aliphatic rings. The summed E-state index contributed by atoms with van der Waals surface area (Å²) in [6.07, 6.45) is 4.00. The molecule has 1 spiro atoms. The molecule has 0 bridgehead atoms. The van der Waals surface area contributed by atoms with Crippen LogP contribution in [-0.4, -0.2) is 101 Å². The van der Waals surface area contributed by atoms with Gasteiger partial charge >= 0.3 is 0 Å². The third-order valence-corrected chi connectivity index (χ3v) is 10.3. The molecule has 0 N–H and O–H groups in total. The minimum absolute atomic E-state index is 0.0103. The van der Waals surface area contributed by atoms with Crippen molar-refractivity contribution in [2.75, 3.05) is 60.6 Å². The Morgan fingerprint density at radius 2 is 1.50 bits per heavy atom. The quantitative estimate of drug-likeness (QED) is 0.599. The summed E-state index contributed by atoms with van der Waals surface area (Å²) in [4.78, 5) is 14.7. The Kier molecular flexibility index (Phi) is 5.41. The van der Waals surface area contributed by atoms with Gasteiger partial charge in [0.15, 0.2) is 0 Å². The third-order valence-electron chi connectivity index (χ3n) is 7.13. The van der Waals surface area contributed by atoms with Crippen molar-refractivity contribution < 1.29 is 21.6 Å². The molecule has 3 fully saturated rings. The van der Waals surface area contributed by atoms with Gasteiger partial charge in [0, 0.05) is 54.4 Å². The van der Waals surface area contributed by atoms with Crippen LogP contribution in [0.5, 0.6) is 0 Å². The first kappa shape index (κ1) is 21.9. The number of amides is 1. The van der Waals surface area contributed by atoms with Gasteiger partial charge in [-0.05, 0) is 37.0 Å². The van der Waals surface area contributed by atoms with Crippen molar-refractivity contribution in [3.05, 3.63) is 0 Å². The van der Waals surface area contributed by atoms with Gasteiger partial charge in [0.25, 0.3) is 10.2 Å². The molecule has 1 saturated carbocycles. The van der Waals surface area contributed by atoms with Crippen LogP contribution in [0, 0.1) is 16.7 Å². The van der Waals surface area contributed by atoms with Gasteiger partial charge in [-0.25, -0.2) is 12.7 Å². The van der Waals surface area contributed by atoms with E-state index in [0.29, 0.717) is 38.9 Å². The number of sulfonamides is 1. The van der Waals surface area contributed by atoms with E-state index in [9.17, 15) is 21.6 Å². The lowest BCUT2D eigenvalue weighted by molar-refractivity contribution is -0.141. The average molecular weight is 437 g/mol. The SMILES string of the molecule is CN(C)C(=O)[C@@]12CCC3(CCN(S(=O)(=O)N(C)C)CC3)[C@@H]1CN(S(C)(=O)=O)C2. The second-order valence-electron chi connectivity index (χ2n) is 9.02. The van der Waals surface area contributed by atoms with Crippen LogP contribution in [0.1, 0.15) is 25.7 Å². The Morgan fingerprint density at radius 1 is 0.929 bits per heavy atom. The van der Waals surface area contributed by atoms with Crippen molar-refractivity contribution in [1.29, 1.82) is 0 Å². The Hall–Kier alpha value is -0.750. The number of fused-ring (bicyclic) bond motifs is 2. The summed E-state index contributed by atoms with van der Waals surface area (Å²) in [6.45, 7) is 1.39. The molecule has 11 heteroatoms. The normalized spacial score (nSPS) is 31.4. The zero-order chi connectivity index (χ0) is 21.1. The highest BCUT2D eigenvalue weighted by Crippen LogP contribution is 2.62. The lowest BCUT2D eigenvalue weighted by Crippen LogP contribution is -2.51. The highest BCUT2D eigenvalue weighted by molar-refractivity contribution is 7.88. The molecule has 1 aliphatic carbocycles. The van der Waals surface area contributed by atoms with Gasteiger partial charge < -0.3 is 4.90 Å². The largest absolute Gasteiger partial charge is 0.348 e. The maximum Gasteiger partial charge on any atom is 0.281 e. The highest BCUT2D eigenvalue weighted by Gasteiger charge is 2.65. The zero-order valence-corrected chi connectivity index (χ0v) is 19.0. The number of piperidine rings is 1. The van der Waals surface area contributed by atoms with Gasteiger partial charge in [0.05, 0.1) is 11.7 Å². The maximum atomic E-state index is 13.2. The Bertz CT molecular complexity index is 847. The molecule has 28 heavy (non-hydrogen) atoms. The fraction of sp³-hybridized carbons (Fsp3) is 0.941. The molecule has 2 aliphatic heterocycles. The molecule has 2 heterocycles. The smallest absolute Gasteiger partial charge is 0.281 e. The van der Waals surface area contributed by atoms with Crippen molar-refractivity contribution >= 4 is 26.1 Å². The van der Waals surface area contributed by atoms with Gasteiger partial charge in [0.1, 0.15) is 0 Å². The van der Waals surface area contributed by atoms with Crippen LogP contribution in [0.15, 0.2) is 0 Å². The summed E-state index contributed by atoms with van der Waals surface area (Å²) >= 11 is 0. The second-order valence-corrected chi connectivity index (χ2v) is 13.1. The van der Waals surface area contributed by atoms with Gasteiger partial charge in [-0.1, -0.05) is 0 Å². The number of carbonyl (C=O) groups is 1. The van der Waals surface area contributed by atoms with E-state index in [1.807, 2.05) is 0 Å². The molecular formula is C17H32N4O5S2. The minimum atomic E-state index is -3.46. The van der Waals surface area contributed by atoms with Crippen molar-refractivity contribution in [2.45, 2.75) is 25.7 Å². The van der Waals surface area contributed by atoms with E-state index in [2.05, 4.69) is 0 Å². The molecule has 162 valence electrons. The van der Waals surface area contributed by atoms with Gasteiger partial charge in [0.2, 0.25) is 15.9 Å². The van der Waals surface area contributed by atoms with Crippen LogP contribution < -0.4 is 0 Å². The standard InChI is InChI=1S/C17H32N4O5S2/c1-18(2)15(22)17-7-6-16(14(17)12-21(13-17)27(5,23)24)8-10-20(11-9-16)28(25,26)19(3)4/h14H,6-13H2,1-5H3/t14-,17+/m0/s1. The molecule has 0 aromatic carbocycles. The van der Waals surface area contributed by atoms with Crippen LogP contribution in [0.25, 0.3) is 0 Å². The third kappa shape index (κ3) is 3.28. The monoisotopic (exact) mass is 436 g/mol. The van der Waals surface area contributed by atoms with Crippen LogP contribution >= 0.6 is 0 Å². The van der Waals surface area contributed by atoms with Crippen molar-refractivity contribution in [1.82, 2.24) is 17.8 Å². The van der Waals surface area contributed by atoms with Crippen molar-refractivity contribution in [2.24, 2.45) is 16.7 Å². The molecule has 3 rings (SSSR count). The predicted octanol–water partition coefficient (Wildman–Crippen LogP) is -0.365. The van der Waals surface area contributed by atoms with E-state index in [0.717, 1.165) is 6.42 Å². The summed E-state index contributed by atoms with van der Waals surface area (Å²) in [6, 6.07) is 0. The molecule has 2 atom stereocenters. The Balaban J connectivity index is 1.90. The first-order valence-electron chi connectivity index (χ1n) is 9.61. The van der Waals surface area contributed by atoms with E-state index in [-0.39, 0.29) is 23.8 Å². The zero-order valence-electron chi connectivity index (χ0n) is 17.4. The first-order chi connectivity index (χ1) is 12.8. The van der Waals surface area contributed by atoms with Crippen LogP contribution in [-0.2, 0) is 25.0 Å². The van der Waals surface area contributed by atoms with E-state index in [1.165, 1.54) is 33.3 Å². The Morgan fingerprint density at radius 3 is 1.96 bits per heavy atom. The summed E-state index contributed by atoms with van der Waals surface area (Å²) < 4.78 is 53.6. The van der Waals surface area contributed by atoms with Gasteiger partial charge in [-0.15, -0.1) is 0 Å². The summed E-state index contributed by atoms with van der Waals surface area (Å²) in [5.41, 5.74) is -0.890. The summed E-state index contributed by atoms with van der Waals surface area (Å²) in [5, 5.41) is 0. The molecular weight excluding hydrogens is 404 g/mol. The number of rotatable bonds is 4. The summed E-state index contributed by atoms with van der Waals surface area (Å²) in [5.74, 6) is -0.0855. The minimum Gasteiger partial charge on any atom is -0.348 e. The number of hydrogen-bond donors (Lipinski definition) is 0. The fourth-order valence-corrected chi connectivity index (χ4v) is 7.55. The molecule has 9 nitrogen and oxygen atoms in total. The van der Waals surface area contributed by atoms with Crippen LogP contribution in [0.2, 0.25) is 0 Å². The van der Waals surface area contributed by atoms with E-state index < -0.39 is 25.6 Å². The number of nitrogens with zero attached hydrogens (tertiary/aromatic N) is 4. The molecule has 0 aromatic rings. The first-order valence-corrected chi connectivity index (χ1v) is 12.9. The lowest BCUT2D eigenvalue weighted by Gasteiger charge is -2.44. The Labute approximate surface area is 168 Å². The average Bonchev–Trinajstić information content (AvgIpc) is 3.12. The summed E-state index contributed by atoms with van der Waals surface area (Å²) in [7, 11) is -0.372. The van der Waals surface area contributed by atoms with E-state index in [4.69, 9.17) is 0 Å². The van der Waals surface area contributed by atoms with Crippen LogP contribution in [0.4, 0.5) is 0 Å². The molecule has 2 saturated heterocycles. The predicted molar refractivity (Wildman–Crippen MR) is 106 cm³/mol. The number of hydrogen-bond acceptors (Lipinski definition) is 5. The van der Waals surface area contributed by atoms with E-state index >= 15 is 0 Å². The lowest BCUT2D eigenvalue weighted by atomic mass is 9.66.